The van der Waals surface area contributed by atoms with Crippen molar-refractivity contribution < 1.29 is 24.9 Å². The van der Waals surface area contributed by atoms with Gasteiger partial charge in [-0.25, -0.2) is 4.79 Å². The Kier molecular flexibility index (Phi) is 4.11. The van der Waals surface area contributed by atoms with Crippen LogP contribution in [0.3, 0.4) is 0 Å². The summed E-state index contributed by atoms with van der Waals surface area (Å²) in [7, 11) is 0. The van der Waals surface area contributed by atoms with Gasteiger partial charge in [-0.05, 0) is 27.7 Å². The fraction of sp³-hybridized carbons (Fsp3) is 0.833. The number of hydrogen-bond donors (Lipinski definition) is 4. The number of carboxylic acids is 1. The van der Waals surface area contributed by atoms with Crippen molar-refractivity contribution in [3.8, 4) is 0 Å². The zero-order valence-corrected chi connectivity index (χ0v) is 11.7. The fourth-order valence-electron chi connectivity index (χ4n) is 1.71. The molecule has 0 saturated carbocycles. The number of nitrogens with zero attached hydrogens (tertiary/aromatic N) is 1. The van der Waals surface area contributed by atoms with Gasteiger partial charge in [-0.2, -0.15) is 0 Å². The molecule has 0 aliphatic carbocycles. The second kappa shape index (κ2) is 4.97. The van der Waals surface area contributed by atoms with Crippen molar-refractivity contribution in [3.63, 3.8) is 0 Å². The van der Waals surface area contributed by atoms with Crippen molar-refractivity contribution in [2.24, 2.45) is 5.41 Å². The van der Waals surface area contributed by atoms with Gasteiger partial charge in [-0.3, -0.25) is 4.79 Å². The van der Waals surface area contributed by atoms with Crippen LogP contribution in [0.2, 0.25) is 0 Å². The van der Waals surface area contributed by atoms with Crippen LogP contribution in [0, 0.1) is 5.41 Å². The summed E-state index contributed by atoms with van der Waals surface area (Å²) in [6, 6.07) is -0.491. The molecule has 0 spiro atoms. The van der Waals surface area contributed by atoms with E-state index in [2.05, 4.69) is 5.32 Å². The molecule has 0 aromatic heterocycles. The highest BCUT2D eigenvalue weighted by molar-refractivity contribution is 5.80. The molecule has 1 aliphatic rings. The number of aliphatic carboxylic acids is 1. The van der Waals surface area contributed by atoms with Crippen LogP contribution in [0.4, 0.5) is 4.79 Å². The molecule has 2 amide bonds. The fourth-order valence-corrected chi connectivity index (χ4v) is 1.71. The first-order valence-electron chi connectivity index (χ1n) is 6.15. The molecule has 110 valence electrons. The van der Waals surface area contributed by atoms with Gasteiger partial charge < -0.3 is 25.5 Å². The predicted molar refractivity (Wildman–Crippen MR) is 67.6 cm³/mol. The van der Waals surface area contributed by atoms with E-state index in [9.17, 15) is 24.9 Å². The van der Waals surface area contributed by atoms with Crippen molar-refractivity contribution in [2.45, 2.75) is 45.4 Å². The van der Waals surface area contributed by atoms with Crippen molar-refractivity contribution in [2.75, 3.05) is 13.1 Å². The number of hydrogen-bond acceptors (Lipinski definition) is 4. The smallest absolute Gasteiger partial charge is 0.318 e. The van der Waals surface area contributed by atoms with Gasteiger partial charge in [-0.15, -0.1) is 0 Å². The Bertz CT molecular complexity index is 370. The van der Waals surface area contributed by atoms with E-state index in [0.717, 1.165) is 0 Å². The minimum Gasteiger partial charge on any atom is -0.481 e. The highest BCUT2D eigenvalue weighted by Gasteiger charge is 2.45. The first kappa shape index (κ1) is 15.7. The average molecular weight is 274 g/mol. The maximum Gasteiger partial charge on any atom is 0.318 e. The molecule has 0 bridgehead atoms. The van der Waals surface area contributed by atoms with Gasteiger partial charge in [0.05, 0.1) is 36.3 Å². The van der Waals surface area contributed by atoms with E-state index in [1.54, 1.807) is 13.8 Å². The molecule has 1 heterocycles. The number of carbonyl (C=O) groups excluding carboxylic acids is 1. The Morgan fingerprint density at radius 3 is 1.89 bits per heavy atom. The van der Waals surface area contributed by atoms with E-state index in [1.165, 1.54) is 18.7 Å². The largest absolute Gasteiger partial charge is 0.481 e. The Morgan fingerprint density at radius 1 is 1.11 bits per heavy atom. The Balaban J connectivity index is 2.74. The molecule has 2 atom stereocenters. The molecule has 0 radical (unpaired) electrons. The lowest BCUT2D eigenvalue weighted by Crippen LogP contribution is -2.59. The minimum atomic E-state index is -1.15. The Labute approximate surface area is 112 Å². The van der Waals surface area contributed by atoms with Crippen LogP contribution in [0.1, 0.15) is 27.7 Å². The van der Waals surface area contributed by atoms with E-state index in [4.69, 9.17) is 0 Å². The quantitative estimate of drug-likeness (QED) is 0.561. The van der Waals surface area contributed by atoms with Crippen molar-refractivity contribution in [1.82, 2.24) is 10.2 Å². The van der Waals surface area contributed by atoms with Crippen LogP contribution >= 0.6 is 0 Å². The predicted octanol–water partition coefficient (Wildman–Crippen LogP) is -0.377. The molecule has 1 saturated heterocycles. The van der Waals surface area contributed by atoms with Crippen molar-refractivity contribution in [1.29, 1.82) is 0 Å². The highest BCUT2D eigenvalue weighted by atomic mass is 16.4. The summed E-state index contributed by atoms with van der Waals surface area (Å²) in [5.41, 5.74) is -2.13. The summed E-state index contributed by atoms with van der Waals surface area (Å²) >= 11 is 0. The van der Waals surface area contributed by atoms with Gasteiger partial charge in [0.25, 0.3) is 0 Å². The normalized spacial score (nSPS) is 24.4. The molecule has 1 aliphatic heterocycles. The summed E-state index contributed by atoms with van der Waals surface area (Å²) in [5, 5.41) is 30.6. The summed E-state index contributed by atoms with van der Waals surface area (Å²) in [5.74, 6) is -1.01. The Hall–Kier alpha value is -1.34. The average Bonchev–Trinajstić information content (AvgIpc) is 2.58. The lowest BCUT2D eigenvalue weighted by molar-refractivity contribution is -0.150. The van der Waals surface area contributed by atoms with E-state index in [1.807, 2.05) is 0 Å². The number of carboxylic acid groups (broad SMARTS) is 1. The SMILES string of the molecule is CC(C)(NC(=O)N1CC(O)C(O)C1)C(C)(C)C(=O)O. The van der Waals surface area contributed by atoms with Crippen LogP contribution in [0.15, 0.2) is 0 Å². The number of rotatable bonds is 3. The van der Waals surface area contributed by atoms with Gasteiger partial charge in [0.2, 0.25) is 0 Å². The molecule has 1 fully saturated rings. The lowest BCUT2D eigenvalue weighted by Gasteiger charge is -2.39. The number of aliphatic hydroxyl groups excluding tert-OH is 2. The van der Waals surface area contributed by atoms with Gasteiger partial charge in [0, 0.05) is 0 Å². The van der Waals surface area contributed by atoms with Gasteiger partial charge in [-0.1, -0.05) is 0 Å². The standard InChI is InChI=1S/C12H22N2O5/c1-11(2,9(17)18)12(3,4)13-10(19)14-5-7(15)8(16)6-14/h7-8,15-16H,5-6H2,1-4H3,(H,13,19)(H,17,18). The molecule has 19 heavy (non-hydrogen) atoms. The zero-order chi connectivity index (χ0) is 15.0. The number of β-amino-alcohol motifs (C(OH)–C–C–N with tert-alkyl or cyclic N) is 2. The summed E-state index contributed by atoms with van der Waals surface area (Å²) in [4.78, 5) is 24.5. The summed E-state index contributed by atoms with van der Waals surface area (Å²) < 4.78 is 0. The van der Waals surface area contributed by atoms with Gasteiger partial charge in [0.1, 0.15) is 0 Å². The van der Waals surface area contributed by atoms with E-state index < -0.39 is 35.2 Å². The van der Waals surface area contributed by atoms with E-state index in [-0.39, 0.29) is 13.1 Å². The monoisotopic (exact) mass is 274 g/mol. The van der Waals surface area contributed by atoms with Crippen LogP contribution in [-0.2, 0) is 4.79 Å². The number of likely N-dealkylation sites (tertiary alicyclic amines) is 1. The number of urea groups is 1. The van der Waals surface area contributed by atoms with Gasteiger partial charge >= 0.3 is 12.0 Å². The first-order chi connectivity index (χ1) is 8.49. The third-order valence-corrected chi connectivity index (χ3v) is 4.06. The minimum absolute atomic E-state index is 0.0383. The zero-order valence-electron chi connectivity index (χ0n) is 11.7. The molecule has 7 heteroatoms. The molecule has 0 aromatic carbocycles. The van der Waals surface area contributed by atoms with Crippen LogP contribution in [-0.4, -0.2) is 63.1 Å². The highest BCUT2D eigenvalue weighted by Crippen LogP contribution is 2.31. The second-order valence-electron chi connectivity index (χ2n) is 6.02. The Morgan fingerprint density at radius 2 is 1.53 bits per heavy atom. The molecule has 7 nitrogen and oxygen atoms in total. The maximum atomic E-state index is 12.0. The number of amides is 2. The molecular weight excluding hydrogens is 252 g/mol. The van der Waals surface area contributed by atoms with Crippen LogP contribution in [0.5, 0.6) is 0 Å². The lowest BCUT2D eigenvalue weighted by atomic mass is 9.74. The molecule has 4 N–H and O–H groups in total. The van der Waals surface area contributed by atoms with Crippen molar-refractivity contribution in [3.05, 3.63) is 0 Å². The summed E-state index contributed by atoms with van der Waals surface area (Å²) in [6.07, 6.45) is -1.91. The third-order valence-electron chi connectivity index (χ3n) is 4.06. The van der Waals surface area contributed by atoms with Crippen molar-refractivity contribution >= 4 is 12.0 Å². The number of nitrogens with one attached hydrogen (secondary N) is 1. The topological polar surface area (TPSA) is 110 Å². The van der Waals surface area contributed by atoms with E-state index >= 15 is 0 Å². The molecular formula is C12H22N2O5. The molecule has 1 rings (SSSR count). The molecule has 0 aromatic rings. The first-order valence-corrected chi connectivity index (χ1v) is 6.15. The van der Waals surface area contributed by atoms with Gasteiger partial charge in [0.15, 0.2) is 0 Å². The van der Waals surface area contributed by atoms with Crippen LogP contribution in [0.25, 0.3) is 0 Å². The van der Waals surface area contributed by atoms with E-state index in [0.29, 0.717) is 0 Å². The number of aliphatic hydroxyl groups is 2. The second-order valence-corrected chi connectivity index (χ2v) is 6.02. The molecule has 2 unspecified atom stereocenters. The number of carbonyl (C=O) groups is 2. The summed E-state index contributed by atoms with van der Waals surface area (Å²) in [6.45, 7) is 6.39. The van der Waals surface area contributed by atoms with Crippen LogP contribution < -0.4 is 5.32 Å². The third kappa shape index (κ3) is 2.98. The maximum absolute atomic E-state index is 12.0.